The van der Waals surface area contributed by atoms with Crippen LogP contribution in [0.3, 0.4) is 0 Å². The summed E-state index contributed by atoms with van der Waals surface area (Å²) in [4.78, 5) is 19.6. The Kier molecular flexibility index (Phi) is 4.37. The zero-order valence-electron chi connectivity index (χ0n) is 13.0. The van der Waals surface area contributed by atoms with Gasteiger partial charge in [-0.05, 0) is 31.6 Å². The van der Waals surface area contributed by atoms with Gasteiger partial charge < -0.3 is 9.64 Å². The molecule has 5 heteroatoms. The lowest BCUT2D eigenvalue weighted by Gasteiger charge is -2.26. The Balaban J connectivity index is 2.12. The number of nitrogens with zero attached hydrogens (tertiary/aromatic N) is 2. The molecule has 0 N–H and O–H groups in total. The smallest absolute Gasteiger partial charge is 0.358 e. The van der Waals surface area contributed by atoms with Gasteiger partial charge in [0.15, 0.2) is 10.8 Å². The lowest BCUT2D eigenvalue weighted by molar-refractivity contribution is 0.0519. The topological polar surface area (TPSA) is 42.4 Å². The molecule has 4 nitrogen and oxygen atoms in total. The van der Waals surface area contributed by atoms with E-state index in [1.54, 1.807) is 11.3 Å². The van der Waals surface area contributed by atoms with Crippen molar-refractivity contribution < 1.29 is 9.53 Å². The van der Waals surface area contributed by atoms with Crippen LogP contribution in [-0.4, -0.2) is 30.6 Å². The molecule has 1 atom stereocenters. The number of carbonyl (C=O) groups is 1. The van der Waals surface area contributed by atoms with Crippen LogP contribution in [0.15, 0.2) is 0 Å². The summed E-state index contributed by atoms with van der Waals surface area (Å²) in [5.41, 5.74) is 0.802. The van der Waals surface area contributed by atoms with Crippen LogP contribution in [0.5, 0.6) is 0 Å². The SMILES string of the molecule is CCOC(=O)c1nc(N2CCC(C(C)(C)C)C2)sc1C. The molecule has 1 fully saturated rings. The second-order valence-electron chi connectivity index (χ2n) is 6.42. The minimum absolute atomic E-state index is 0.306. The number of aromatic nitrogens is 1. The normalized spacial score (nSPS) is 19.4. The number of hydrogen-bond donors (Lipinski definition) is 0. The molecule has 0 amide bonds. The summed E-state index contributed by atoms with van der Waals surface area (Å²) in [6.07, 6.45) is 1.19. The van der Waals surface area contributed by atoms with Gasteiger partial charge in [0.05, 0.1) is 6.61 Å². The molecule has 1 aliphatic rings. The standard InChI is InChI=1S/C15H24N2O2S/c1-6-19-13(18)12-10(2)20-14(16-12)17-8-7-11(9-17)15(3,4)5/h11H,6-9H2,1-5H3. The van der Waals surface area contributed by atoms with Crippen LogP contribution >= 0.6 is 11.3 Å². The first-order chi connectivity index (χ1) is 9.32. The number of aryl methyl sites for hydroxylation is 1. The molecule has 2 heterocycles. The van der Waals surface area contributed by atoms with Crippen LogP contribution in [0.25, 0.3) is 0 Å². The maximum atomic E-state index is 11.8. The van der Waals surface area contributed by atoms with Gasteiger partial charge in [0.25, 0.3) is 0 Å². The lowest BCUT2D eigenvalue weighted by Crippen LogP contribution is -2.25. The van der Waals surface area contributed by atoms with Gasteiger partial charge in [0.2, 0.25) is 0 Å². The molecular formula is C15H24N2O2S. The summed E-state index contributed by atoms with van der Waals surface area (Å²) in [7, 11) is 0. The molecule has 1 aromatic rings. The highest BCUT2D eigenvalue weighted by atomic mass is 32.1. The summed E-state index contributed by atoms with van der Waals surface area (Å²) < 4.78 is 5.05. The van der Waals surface area contributed by atoms with Crippen LogP contribution in [0, 0.1) is 18.3 Å². The summed E-state index contributed by atoms with van der Waals surface area (Å²) in [5.74, 6) is 0.372. The summed E-state index contributed by atoms with van der Waals surface area (Å²) >= 11 is 1.59. The van der Waals surface area contributed by atoms with Gasteiger partial charge in [-0.2, -0.15) is 0 Å². The summed E-state index contributed by atoms with van der Waals surface area (Å²) in [5, 5.41) is 0.956. The molecule has 1 unspecified atom stereocenters. The van der Waals surface area contributed by atoms with E-state index in [0.29, 0.717) is 23.6 Å². The molecule has 2 rings (SSSR count). The second-order valence-corrected chi connectivity index (χ2v) is 7.60. The minimum Gasteiger partial charge on any atom is -0.461 e. The van der Waals surface area contributed by atoms with E-state index in [1.165, 1.54) is 6.42 Å². The van der Waals surface area contributed by atoms with E-state index in [9.17, 15) is 4.79 Å². The number of ether oxygens (including phenoxy) is 1. The van der Waals surface area contributed by atoms with Crippen molar-refractivity contribution in [3.8, 4) is 0 Å². The van der Waals surface area contributed by atoms with Crippen molar-refractivity contribution in [2.24, 2.45) is 11.3 Å². The van der Waals surface area contributed by atoms with Crippen molar-refractivity contribution in [2.75, 3.05) is 24.6 Å². The van der Waals surface area contributed by atoms with Gasteiger partial charge in [0.1, 0.15) is 0 Å². The van der Waals surface area contributed by atoms with Gasteiger partial charge in [0, 0.05) is 18.0 Å². The van der Waals surface area contributed by atoms with Crippen LogP contribution in [0.2, 0.25) is 0 Å². The van der Waals surface area contributed by atoms with Crippen LogP contribution in [0.4, 0.5) is 5.13 Å². The van der Waals surface area contributed by atoms with Crippen molar-refractivity contribution in [1.82, 2.24) is 4.98 Å². The number of carbonyl (C=O) groups excluding carboxylic acids is 1. The van der Waals surface area contributed by atoms with E-state index < -0.39 is 0 Å². The van der Waals surface area contributed by atoms with E-state index in [2.05, 4.69) is 30.7 Å². The van der Waals surface area contributed by atoms with Gasteiger partial charge in [-0.25, -0.2) is 9.78 Å². The molecule has 0 bridgehead atoms. The molecule has 0 aromatic carbocycles. The Morgan fingerprint density at radius 1 is 1.50 bits per heavy atom. The molecule has 1 saturated heterocycles. The largest absolute Gasteiger partial charge is 0.461 e. The molecule has 112 valence electrons. The Labute approximate surface area is 125 Å². The molecule has 1 aliphatic heterocycles. The lowest BCUT2D eigenvalue weighted by atomic mass is 9.80. The molecule has 0 saturated carbocycles. The predicted octanol–water partition coefficient (Wildman–Crippen LogP) is 3.50. The first-order valence-corrected chi connectivity index (χ1v) is 8.04. The average Bonchev–Trinajstić information content (AvgIpc) is 2.94. The number of anilines is 1. The zero-order valence-corrected chi connectivity index (χ0v) is 13.8. The third-order valence-corrected chi connectivity index (χ3v) is 4.97. The van der Waals surface area contributed by atoms with E-state index in [1.807, 2.05) is 13.8 Å². The maximum Gasteiger partial charge on any atom is 0.358 e. The van der Waals surface area contributed by atoms with Gasteiger partial charge in [-0.15, -0.1) is 11.3 Å². The van der Waals surface area contributed by atoms with Crippen LogP contribution in [-0.2, 0) is 4.74 Å². The van der Waals surface area contributed by atoms with Gasteiger partial charge >= 0.3 is 5.97 Å². The van der Waals surface area contributed by atoms with Crippen molar-refractivity contribution in [1.29, 1.82) is 0 Å². The van der Waals surface area contributed by atoms with Crippen molar-refractivity contribution in [3.63, 3.8) is 0 Å². The molecule has 0 spiro atoms. The highest BCUT2D eigenvalue weighted by molar-refractivity contribution is 7.15. The molecular weight excluding hydrogens is 272 g/mol. The van der Waals surface area contributed by atoms with E-state index in [0.717, 1.165) is 23.1 Å². The minimum atomic E-state index is -0.306. The number of hydrogen-bond acceptors (Lipinski definition) is 5. The second kappa shape index (κ2) is 5.72. The van der Waals surface area contributed by atoms with Crippen LogP contribution < -0.4 is 4.90 Å². The monoisotopic (exact) mass is 296 g/mol. The van der Waals surface area contributed by atoms with E-state index in [-0.39, 0.29) is 5.97 Å². The Morgan fingerprint density at radius 3 is 2.75 bits per heavy atom. The first-order valence-electron chi connectivity index (χ1n) is 7.22. The van der Waals surface area contributed by atoms with E-state index >= 15 is 0 Å². The van der Waals surface area contributed by atoms with Crippen molar-refractivity contribution in [3.05, 3.63) is 10.6 Å². The first kappa shape index (κ1) is 15.3. The number of esters is 1. The number of thiazole rings is 1. The Morgan fingerprint density at radius 2 is 2.20 bits per heavy atom. The third kappa shape index (κ3) is 3.14. The molecule has 20 heavy (non-hydrogen) atoms. The van der Waals surface area contributed by atoms with Crippen molar-refractivity contribution >= 4 is 22.4 Å². The van der Waals surface area contributed by atoms with Crippen molar-refractivity contribution in [2.45, 2.75) is 41.0 Å². The van der Waals surface area contributed by atoms with E-state index in [4.69, 9.17) is 4.74 Å². The average molecular weight is 296 g/mol. The fourth-order valence-corrected chi connectivity index (χ4v) is 3.48. The van der Waals surface area contributed by atoms with Gasteiger partial charge in [-0.3, -0.25) is 0 Å². The zero-order chi connectivity index (χ0) is 14.9. The Hall–Kier alpha value is -1.10. The van der Waals surface area contributed by atoms with Crippen LogP contribution in [0.1, 0.15) is 49.5 Å². The maximum absolute atomic E-state index is 11.8. The fraction of sp³-hybridized carbons (Fsp3) is 0.733. The quantitative estimate of drug-likeness (QED) is 0.801. The summed E-state index contributed by atoms with van der Waals surface area (Å²) in [6.45, 7) is 13.1. The molecule has 0 aliphatic carbocycles. The highest BCUT2D eigenvalue weighted by Gasteiger charge is 2.33. The fourth-order valence-electron chi connectivity index (χ4n) is 2.55. The highest BCUT2D eigenvalue weighted by Crippen LogP contribution is 2.37. The predicted molar refractivity (Wildman–Crippen MR) is 82.6 cm³/mol. The number of rotatable bonds is 3. The molecule has 1 aromatic heterocycles. The molecule has 0 radical (unpaired) electrons. The third-order valence-electron chi connectivity index (χ3n) is 3.94. The Bertz CT molecular complexity index is 491. The van der Waals surface area contributed by atoms with Gasteiger partial charge in [-0.1, -0.05) is 20.8 Å². The summed E-state index contributed by atoms with van der Waals surface area (Å²) in [6, 6.07) is 0.